The Balaban J connectivity index is 2.80. The molecule has 0 rings (SSSR count). The van der Waals surface area contributed by atoms with E-state index in [2.05, 4.69) is 0 Å². The summed E-state index contributed by atoms with van der Waals surface area (Å²) in [5.74, 6) is 0. The first-order valence-corrected chi connectivity index (χ1v) is 1.76. The molecule has 0 saturated carbocycles. The first-order valence-electron chi connectivity index (χ1n) is 1.06. The van der Waals surface area contributed by atoms with Gasteiger partial charge in [-0.15, -0.1) is 0 Å². The van der Waals surface area contributed by atoms with Crippen molar-refractivity contribution in [1.29, 1.82) is 0 Å². The van der Waals surface area contributed by atoms with E-state index in [1.165, 1.54) is 9.24 Å². The molecule has 1 unspecified atom stereocenters. The molecule has 2 heteroatoms. The minimum atomic E-state index is 0.194. The van der Waals surface area contributed by atoms with Gasteiger partial charge in [-0.2, -0.15) is 0 Å². The lowest BCUT2D eigenvalue weighted by molar-refractivity contribution is -0.109. The first kappa shape index (κ1) is 4.10. The van der Waals surface area contributed by atoms with Crippen LogP contribution < -0.4 is 0 Å². The van der Waals surface area contributed by atoms with E-state index in [-0.39, 0.29) is 5.52 Å². The van der Waals surface area contributed by atoms with Gasteiger partial charge in [0.05, 0.1) is 0 Å². The Kier molecular flexibility index (Phi) is 1.46. The van der Waals surface area contributed by atoms with Crippen molar-refractivity contribution in [3.63, 3.8) is 0 Å². The van der Waals surface area contributed by atoms with Gasteiger partial charge in [0.15, 0.2) is 0 Å². The van der Waals surface area contributed by atoms with Gasteiger partial charge in [-0.25, -0.2) is 0 Å². The van der Waals surface area contributed by atoms with Crippen molar-refractivity contribution in [3.05, 3.63) is 0 Å². The van der Waals surface area contributed by atoms with Crippen LogP contribution in [0.5, 0.6) is 0 Å². The van der Waals surface area contributed by atoms with E-state index < -0.39 is 0 Å². The van der Waals surface area contributed by atoms with Crippen LogP contribution in [0.4, 0.5) is 0 Å². The number of hydrogen-bond donors (Lipinski definition) is 0. The summed E-state index contributed by atoms with van der Waals surface area (Å²) in [5.41, 5.74) is 0.194. The lowest BCUT2D eigenvalue weighted by Gasteiger charge is -1.47. The molecule has 0 saturated heterocycles. The highest BCUT2D eigenvalue weighted by Gasteiger charge is 1.71. The van der Waals surface area contributed by atoms with E-state index in [0.717, 1.165) is 0 Å². The van der Waals surface area contributed by atoms with Gasteiger partial charge >= 0.3 is 0 Å². The fraction of sp³-hybridized carbons (Fsp3) is 0.500. The van der Waals surface area contributed by atoms with Gasteiger partial charge in [-0.1, -0.05) is 0 Å². The van der Waals surface area contributed by atoms with Gasteiger partial charge in [-0.05, 0) is 0 Å². The smallest absolute Gasteiger partial charge is 0.254 e. The minimum Gasteiger partial charge on any atom is -0.254 e. The molecular formula is C2H6OP+. The molecule has 1 nitrogen and oxygen atoms in total. The maximum Gasteiger partial charge on any atom is 0.257 e. The Hall–Kier alpha value is 0.100. The first-order chi connectivity index (χ1) is 1.73. The molecule has 0 radical (unpaired) electrons. The maximum atomic E-state index is 9.46. The molecule has 0 aliphatic carbocycles. The Labute approximate surface area is 27.6 Å². The highest BCUT2D eigenvalue weighted by atomic mass is 31.0. The normalized spacial score (nSPS) is 7.25. The van der Waals surface area contributed by atoms with E-state index in [1.807, 2.05) is 0 Å². The zero-order chi connectivity index (χ0) is 3.58. The molecular weight excluding hydrogens is 71.0 g/mol. The van der Waals surface area contributed by atoms with Gasteiger partial charge in [0.2, 0.25) is 0 Å². The van der Waals surface area contributed by atoms with E-state index in [4.69, 9.17) is 0 Å². The Morgan fingerprint density at radius 1 is 2.00 bits per heavy atom. The van der Waals surface area contributed by atoms with Crippen LogP contribution in [0.2, 0.25) is 0 Å². The number of hydrogen-bond acceptors (Lipinski definition) is 1. The van der Waals surface area contributed by atoms with Crippen molar-refractivity contribution >= 4 is 14.8 Å². The van der Waals surface area contributed by atoms with Crippen molar-refractivity contribution < 1.29 is 4.79 Å². The summed E-state index contributed by atoms with van der Waals surface area (Å²) in [5, 5.41) is 0. The summed E-state index contributed by atoms with van der Waals surface area (Å²) in [6, 6.07) is 0. The van der Waals surface area contributed by atoms with Crippen LogP contribution in [-0.4, -0.2) is 5.52 Å². The predicted molar refractivity (Wildman–Crippen MR) is 21.8 cm³/mol. The number of rotatable bonds is 0. The zero-order valence-corrected chi connectivity index (χ0v) is 4.03. The van der Waals surface area contributed by atoms with Crippen LogP contribution in [0.25, 0.3) is 0 Å². The standard InChI is InChI=1S/C2H5OP/c1-2(3)4/h4H2,1H3/p+1. The molecule has 0 aliphatic heterocycles. The average Bonchev–Trinajstić information content (AvgIpc) is 0.811. The molecule has 0 spiro atoms. The average molecular weight is 77.0 g/mol. The molecule has 0 N–H and O–H groups in total. The summed E-state index contributed by atoms with van der Waals surface area (Å²) in [6.07, 6.45) is 0. The van der Waals surface area contributed by atoms with E-state index in [9.17, 15) is 4.79 Å². The van der Waals surface area contributed by atoms with Crippen LogP contribution in [0.15, 0.2) is 0 Å². The monoisotopic (exact) mass is 77.0 g/mol. The topological polar surface area (TPSA) is 17.1 Å². The molecule has 0 aliphatic rings. The van der Waals surface area contributed by atoms with Crippen molar-refractivity contribution in [2.75, 3.05) is 0 Å². The second-order valence-corrected chi connectivity index (χ2v) is 1.70. The van der Waals surface area contributed by atoms with Crippen molar-refractivity contribution in [1.82, 2.24) is 0 Å². The van der Waals surface area contributed by atoms with Gasteiger partial charge in [-0.3, -0.25) is 4.79 Å². The van der Waals surface area contributed by atoms with Gasteiger partial charge in [0.1, 0.15) is 0 Å². The highest BCUT2D eigenvalue weighted by molar-refractivity contribution is 7.39. The maximum absolute atomic E-state index is 9.46. The molecule has 0 aromatic heterocycles. The van der Waals surface area contributed by atoms with Crippen molar-refractivity contribution in [3.8, 4) is 0 Å². The minimum absolute atomic E-state index is 0.194. The SMILES string of the molecule is CC(=O)[PH3+]. The van der Waals surface area contributed by atoms with E-state index >= 15 is 0 Å². The predicted octanol–water partition coefficient (Wildman–Crippen LogP) is 0.140. The van der Waals surface area contributed by atoms with Gasteiger partial charge in [0.25, 0.3) is 5.52 Å². The van der Waals surface area contributed by atoms with E-state index in [1.54, 1.807) is 6.92 Å². The van der Waals surface area contributed by atoms with Crippen LogP contribution in [-0.2, 0) is 4.79 Å². The molecule has 0 aromatic rings. The van der Waals surface area contributed by atoms with Crippen molar-refractivity contribution in [2.24, 2.45) is 0 Å². The Morgan fingerprint density at radius 2 is 2.00 bits per heavy atom. The largest absolute Gasteiger partial charge is 0.257 e. The molecule has 0 fully saturated rings. The van der Waals surface area contributed by atoms with Gasteiger partial charge in [0, 0.05) is 16.2 Å². The van der Waals surface area contributed by atoms with Crippen LogP contribution in [0, 0.1) is 0 Å². The lowest BCUT2D eigenvalue weighted by atomic mass is 10.9. The lowest BCUT2D eigenvalue weighted by Crippen LogP contribution is -1.60. The molecule has 1 atom stereocenters. The molecule has 24 valence electrons. The third kappa shape index (κ3) is 254. The quantitative estimate of drug-likeness (QED) is 0.376. The zero-order valence-electron chi connectivity index (χ0n) is 2.62. The van der Waals surface area contributed by atoms with Gasteiger partial charge < -0.3 is 0 Å². The number of carbonyl (C=O) groups is 1. The summed E-state index contributed by atoms with van der Waals surface area (Å²) in [6.45, 7) is 1.54. The third-order valence-electron chi connectivity index (χ3n) is 0. The van der Waals surface area contributed by atoms with E-state index in [0.29, 0.717) is 0 Å². The summed E-state index contributed by atoms with van der Waals surface area (Å²) in [7, 11) is 1.36. The Bertz CT molecular complexity index is 29.0. The molecule has 4 heavy (non-hydrogen) atoms. The van der Waals surface area contributed by atoms with Crippen LogP contribution >= 0.6 is 9.24 Å². The molecule has 0 amide bonds. The van der Waals surface area contributed by atoms with Crippen molar-refractivity contribution in [2.45, 2.75) is 6.92 Å². The highest BCUT2D eigenvalue weighted by Crippen LogP contribution is 1.74. The molecule has 0 aromatic carbocycles. The second-order valence-electron chi connectivity index (χ2n) is 0.702. The number of carbonyl (C=O) groups excluding carboxylic acids is 1. The fourth-order valence-corrected chi connectivity index (χ4v) is 0. The second kappa shape index (κ2) is 1.42. The Morgan fingerprint density at radius 3 is 2.00 bits per heavy atom. The summed E-state index contributed by atoms with van der Waals surface area (Å²) < 4.78 is 0. The molecule has 0 heterocycles. The summed E-state index contributed by atoms with van der Waals surface area (Å²) >= 11 is 0. The summed E-state index contributed by atoms with van der Waals surface area (Å²) in [4.78, 5) is 9.46. The fourth-order valence-electron chi connectivity index (χ4n) is 0. The third-order valence-corrected chi connectivity index (χ3v) is 0. The molecule has 0 bridgehead atoms. The van der Waals surface area contributed by atoms with Crippen LogP contribution in [0.3, 0.4) is 0 Å². The van der Waals surface area contributed by atoms with Crippen LogP contribution in [0.1, 0.15) is 6.92 Å².